The summed E-state index contributed by atoms with van der Waals surface area (Å²) >= 11 is 5.84. The van der Waals surface area contributed by atoms with Crippen molar-refractivity contribution >= 4 is 47.0 Å². The van der Waals surface area contributed by atoms with Gasteiger partial charge in [0.15, 0.2) is 0 Å². The van der Waals surface area contributed by atoms with Crippen molar-refractivity contribution in [2.45, 2.75) is 32.8 Å². The molecule has 31 heavy (non-hydrogen) atoms. The third-order valence-electron chi connectivity index (χ3n) is 3.73. The zero-order valence-corrected chi connectivity index (χ0v) is 18.5. The molecule has 8 heteroatoms. The molecule has 0 heterocycles. The fourth-order valence-electron chi connectivity index (χ4n) is 2.42. The van der Waals surface area contributed by atoms with Crippen LogP contribution in [0, 0.1) is 0 Å². The third kappa shape index (κ3) is 9.82. The first-order chi connectivity index (χ1) is 14.6. The van der Waals surface area contributed by atoms with Crippen molar-refractivity contribution in [3.63, 3.8) is 0 Å². The molecule has 0 aliphatic carbocycles. The second-order valence-electron chi connectivity index (χ2n) is 7.68. The van der Waals surface area contributed by atoms with Crippen LogP contribution in [0.1, 0.15) is 32.8 Å². The summed E-state index contributed by atoms with van der Waals surface area (Å²) in [4.78, 5) is 35.8. The van der Waals surface area contributed by atoms with Gasteiger partial charge in [0.25, 0.3) is 0 Å². The van der Waals surface area contributed by atoms with Crippen molar-refractivity contribution < 1.29 is 19.1 Å². The number of nitrogens with one attached hydrogen (secondary N) is 3. The van der Waals surface area contributed by atoms with Crippen molar-refractivity contribution in [1.29, 1.82) is 0 Å². The molecule has 0 unspecified atom stereocenters. The molecule has 164 valence electrons. The molecule has 0 atom stereocenters. The average Bonchev–Trinajstić information content (AvgIpc) is 2.66. The molecule has 2 aromatic carbocycles. The molecule has 0 aliphatic rings. The number of carbonyl (C=O) groups is 3. The van der Waals surface area contributed by atoms with E-state index in [0.29, 0.717) is 16.4 Å². The number of hydrogen-bond donors (Lipinski definition) is 3. The van der Waals surface area contributed by atoms with Crippen molar-refractivity contribution in [3.8, 4) is 0 Å². The number of amides is 3. The lowest BCUT2D eigenvalue weighted by atomic mass is 10.2. The molecule has 3 amide bonds. The second kappa shape index (κ2) is 11.2. The van der Waals surface area contributed by atoms with Crippen LogP contribution in [0.2, 0.25) is 5.02 Å². The summed E-state index contributed by atoms with van der Waals surface area (Å²) in [6.07, 6.45) is 2.60. The van der Waals surface area contributed by atoms with Gasteiger partial charge in [-0.05, 0) is 62.7 Å². The molecule has 0 aliphatic heterocycles. The van der Waals surface area contributed by atoms with Crippen LogP contribution in [0.3, 0.4) is 0 Å². The lowest BCUT2D eigenvalue weighted by molar-refractivity contribution is -0.116. The summed E-state index contributed by atoms with van der Waals surface area (Å²) < 4.78 is 5.11. The number of halogens is 1. The van der Waals surface area contributed by atoms with Gasteiger partial charge in [0.1, 0.15) is 5.60 Å². The molecule has 2 rings (SSSR count). The molecule has 0 fully saturated rings. The highest BCUT2D eigenvalue weighted by molar-refractivity contribution is 6.30. The lowest BCUT2D eigenvalue weighted by Gasteiger charge is -2.19. The van der Waals surface area contributed by atoms with E-state index in [4.69, 9.17) is 16.3 Å². The molecule has 0 aromatic heterocycles. The number of alkyl carbamates (subject to hydrolysis) is 1. The average molecular weight is 444 g/mol. The number of carbonyl (C=O) groups excluding carboxylic acids is 3. The monoisotopic (exact) mass is 443 g/mol. The minimum absolute atomic E-state index is 0.0830. The highest BCUT2D eigenvalue weighted by Crippen LogP contribution is 2.16. The molecule has 0 saturated heterocycles. The van der Waals surface area contributed by atoms with Crippen LogP contribution < -0.4 is 16.0 Å². The third-order valence-corrected chi connectivity index (χ3v) is 3.98. The van der Waals surface area contributed by atoms with Crippen LogP contribution in [0.4, 0.5) is 16.2 Å². The van der Waals surface area contributed by atoms with E-state index in [1.54, 1.807) is 75.4 Å². The van der Waals surface area contributed by atoms with Gasteiger partial charge in [0, 0.05) is 35.4 Å². The Hall–Kier alpha value is -3.32. The topological polar surface area (TPSA) is 96.5 Å². The van der Waals surface area contributed by atoms with Crippen molar-refractivity contribution in [2.75, 3.05) is 17.2 Å². The molecular weight excluding hydrogens is 418 g/mol. The standard InChI is InChI=1S/C23H26ClN3O4/c1-23(2,3)31-22(30)25-14-13-21(29)27-19-6-4-5-18(15-19)26-20(28)12-9-16-7-10-17(24)11-8-16/h4-12,15H,13-14H2,1-3H3,(H,25,30)(H,26,28)(H,27,29)/b12-9+. The Bertz CT molecular complexity index is 950. The van der Waals surface area contributed by atoms with Crippen LogP contribution in [0.25, 0.3) is 6.08 Å². The molecule has 0 saturated carbocycles. The minimum atomic E-state index is -0.596. The summed E-state index contributed by atoms with van der Waals surface area (Å²) in [5.41, 5.74) is 1.32. The van der Waals surface area contributed by atoms with Gasteiger partial charge in [-0.1, -0.05) is 29.8 Å². The number of hydrogen-bond acceptors (Lipinski definition) is 4. The first-order valence-electron chi connectivity index (χ1n) is 9.72. The Balaban J connectivity index is 1.81. The summed E-state index contributed by atoms with van der Waals surface area (Å²) in [5.74, 6) is -0.581. The predicted molar refractivity (Wildman–Crippen MR) is 123 cm³/mol. The van der Waals surface area contributed by atoms with Gasteiger partial charge in [-0.15, -0.1) is 0 Å². The van der Waals surface area contributed by atoms with Crippen LogP contribution in [0.5, 0.6) is 0 Å². The first kappa shape index (κ1) is 24.0. The second-order valence-corrected chi connectivity index (χ2v) is 8.12. The quantitative estimate of drug-likeness (QED) is 0.533. The Kier molecular flexibility index (Phi) is 8.63. The number of rotatable bonds is 7. The highest BCUT2D eigenvalue weighted by Gasteiger charge is 2.15. The van der Waals surface area contributed by atoms with E-state index >= 15 is 0 Å². The van der Waals surface area contributed by atoms with E-state index in [1.165, 1.54) is 6.08 Å². The Labute approximate surface area is 186 Å². The van der Waals surface area contributed by atoms with Gasteiger partial charge in [0.2, 0.25) is 11.8 Å². The minimum Gasteiger partial charge on any atom is -0.444 e. The van der Waals surface area contributed by atoms with Gasteiger partial charge < -0.3 is 20.7 Å². The highest BCUT2D eigenvalue weighted by atomic mass is 35.5. The molecule has 0 radical (unpaired) electrons. The Morgan fingerprint density at radius 1 is 1.00 bits per heavy atom. The zero-order chi connectivity index (χ0) is 22.9. The van der Waals surface area contributed by atoms with Crippen molar-refractivity contribution in [3.05, 3.63) is 65.2 Å². The van der Waals surface area contributed by atoms with E-state index in [-0.39, 0.29) is 24.8 Å². The van der Waals surface area contributed by atoms with Crippen molar-refractivity contribution in [2.24, 2.45) is 0 Å². The van der Waals surface area contributed by atoms with Crippen molar-refractivity contribution in [1.82, 2.24) is 5.32 Å². The maximum atomic E-state index is 12.1. The molecule has 7 nitrogen and oxygen atoms in total. The van der Waals surface area contributed by atoms with E-state index in [0.717, 1.165) is 5.56 Å². The van der Waals surface area contributed by atoms with E-state index in [9.17, 15) is 14.4 Å². The van der Waals surface area contributed by atoms with Crippen LogP contribution in [-0.2, 0) is 14.3 Å². The fourth-order valence-corrected chi connectivity index (χ4v) is 2.55. The largest absolute Gasteiger partial charge is 0.444 e. The first-order valence-corrected chi connectivity index (χ1v) is 10.1. The molecule has 0 bridgehead atoms. The summed E-state index contributed by atoms with van der Waals surface area (Å²) in [7, 11) is 0. The van der Waals surface area contributed by atoms with Gasteiger partial charge in [0.05, 0.1) is 0 Å². The van der Waals surface area contributed by atoms with Crippen LogP contribution in [-0.4, -0.2) is 30.1 Å². The normalized spacial score (nSPS) is 11.1. The summed E-state index contributed by atoms with van der Waals surface area (Å²) in [5, 5.41) is 8.62. The lowest BCUT2D eigenvalue weighted by Crippen LogP contribution is -2.34. The van der Waals surface area contributed by atoms with Gasteiger partial charge in [-0.3, -0.25) is 9.59 Å². The smallest absolute Gasteiger partial charge is 0.407 e. The summed E-state index contributed by atoms with van der Waals surface area (Å²) in [6.45, 7) is 5.43. The molecule has 2 aromatic rings. The number of benzene rings is 2. The molecule has 3 N–H and O–H groups in total. The van der Waals surface area contributed by atoms with Gasteiger partial charge in [-0.2, -0.15) is 0 Å². The van der Waals surface area contributed by atoms with Gasteiger partial charge in [-0.25, -0.2) is 4.79 Å². The summed E-state index contributed by atoms with van der Waals surface area (Å²) in [6, 6.07) is 13.9. The maximum Gasteiger partial charge on any atom is 0.407 e. The molecule has 0 spiro atoms. The zero-order valence-electron chi connectivity index (χ0n) is 17.7. The van der Waals surface area contributed by atoms with E-state index in [2.05, 4.69) is 16.0 Å². The predicted octanol–water partition coefficient (Wildman–Crippen LogP) is 4.85. The Morgan fingerprint density at radius 3 is 2.29 bits per heavy atom. The van der Waals surface area contributed by atoms with Gasteiger partial charge >= 0.3 is 6.09 Å². The number of anilines is 2. The van der Waals surface area contributed by atoms with E-state index < -0.39 is 11.7 Å². The maximum absolute atomic E-state index is 12.1. The SMILES string of the molecule is CC(C)(C)OC(=O)NCCC(=O)Nc1cccc(NC(=O)/C=C/c2ccc(Cl)cc2)c1. The number of ether oxygens (including phenoxy) is 1. The van der Waals surface area contributed by atoms with E-state index in [1.807, 2.05) is 0 Å². The fraction of sp³-hybridized carbons (Fsp3) is 0.261. The Morgan fingerprint density at radius 2 is 1.65 bits per heavy atom. The molecular formula is C23H26ClN3O4. The van der Waals surface area contributed by atoms with Crippen LogP contribution in [0.15, 0.2) is 54.6 Å². The van der Waals surface area contributed by atoms with Crippen LogP contribution >= 0.6 is 11.6 Å².